The molecule has 0 spiro atoms. The minimum Gasteiger partial charge on any atom is -0.444 e. The molecule has 1 unspecified atom stereocenters. The molecule has 3 aromatic heterocycles. The van der Waals surface area contributed by atoms with Crippen molar-refractivity contribution in [2.45, 2.75) is 45.3 Å². The van der Waals surface area contributed by atoms with Gasteiger partial charge in [-0.1, -0.05) is 0 Å². The number of hydrogen-bond acceptors (Lipinski definition) is 7. The third-order valence-electron chi connectivity index (χ3n) is 5.72. The van der Waals surface area contributed by atoms with Gasteiger partial charge in [0.25, 0.3) is 0 Å². The van der Waals surface area contributed by atoms with Crippen LogP contribution in [0.25, 0.3) is 22.2 Å². The standard InChI is InChI=1S/C23H30IN6O3P/c1-23(2,3)33-22(31)30(9-10-32-34-24)17-5-4-8-29(14-17)19-6-7-27-21-20(19)18(13-28-21)16-11-25-15-26-12-16/h6-7,11-13,15,17,34H,4-5,8-10,14H2,1-3H3,(H,27,28)/t17-/m0/s1. The topological polar surface area (TPSA) is 96.5 Å². The fourth-order valence-corrected chi connectivity index (χ4v) is 5.15. The van der Waals surface area contributed by atoms with Gasteiger partial charge in [0.05, 0.1) is 24.5 Å². The van der Waals surface area contributed by atoms with Crippen LogP contribution in [0.5, 0.6) is 0 Å². The maximum atomic E-state index is 13.1. The zero-order valence-electron chi connectivity index (χ0n) is 19.6. The molecule has 34 heavy (non-hydrogen) atoms. The Morgan fingerprint density at radius 3 is 2.88 bits per heavy atom. The van der Waals surface area contributed by atoms with Crippen molar-refractivity contribution in [3.05, 3.63) is 37.2 Å². The summed E-state index contributed by atoms with van der Waals surface area (Å²) in [7, 11) is 0. The Morgan fingerprint density at radius 1 is 1.35 bits per heavy atom. The molecule has 11 heteroatoms. The summed E-state index contributed by atoms with van der Waals surface area (Å²) in [6.45, 7) is 8.66. The summed E-state index contributed by atoms with van der Waals surface area (Å²) in [4.78, 5) is 33.5. The van der Waals surface area contributed by atoms with E-state index in [1.807, 2.05) is 56.5 Å². The number of carbonyl (C=O) groups is 1. The molecule has 1 saturated heterocycles. The number of amides is 1. The molecule has 3 aromatic rings. The Morgan fingerprint density at radius 2 is 2.15 bits per heavy atom. The lowest BCUT2D eigenvalue weighted by Gasteiger charge is -2.40. The Labute approximate surface area is 214 Å². The van der Waals surface area contributed by atoms with E-state index in [0.717, 1.165) is 47.2 Å². The molecule has 0 bridgehead atoms. The second kappa shape index (κ2) is 11.1. The van der Waals surface area contributed by atoms with Gasteiger partial charge in [-0.15, -0.1) is 0 Å². The normalized spacial score (nSPS) is 16.9. The minimum absolute atomic E-state index is 0.0235. The molecule has 0 aliphatic carbocycles. The number of anilines is 1. The number of carbonyl (C=O) groups excluding carboxylic acids is 1. The van der Waals surface area contributed by atoms with Crippen LogP contribution in [0, 0.1) is 0 Å². The first kappa shape index (κ1) is 25.1. The third kappa shape index (κ3) is 5.95. The number of ether oxygens (including phenoxy) is 1. The maximum absolute atomic E-state index is 13.1. The first-order chi connectivity index (χ1) is 16.4. The van der Waals surface area contributed by atoms with Crippen molar-refractivity contribution >= 4 is 51.3 Å². The predicted octanol–water partition coefficient (Wildman–Crippen LogP) is 5.19. The summed E-state index contributed by atoms with van der Waals surface area (Å²) in [5.41, 5.74) is 3.30. The Bertz CT molecular complexity index is 1110. The average molecular weight is 596 g/mol. The van der Waals surface area contributed by atoms with Gasteiger partial charge < -0.3 is 24.0 Å². The van der Waals surface area contributed by atoms with Crippen LogP contribution in [0.1, 0.15) is 33.6 Å². The number of nitrogens with one attached hydrogen (secondary N) is 1. The minimum atomic E-state index is -0.551. The van der Waals surface area contributed by atoms with Crippen LogP contribution in [-0.2, 0) is 9.26 Å². The fourth-order valence-electron chi connectivity index (χ4n) is 4.32. The van der Waals surface area contributed by atoms with E-state index in [9.17, 15) is 4.79 Å². The van der Waals surface area contributed by atoms with Gasteiger partial charge >= 0.3 is 6.09 Å². The summed E-state index contributed by atoms with van der Waals surface area (Å²) >= 11 is 2.20. The number of rotatable bonds is 7. The molecule has 9 nitrogen and oxygen atoms in total. The molecule has 1 N–H and O–H groups in total. The molecule has 2 atom stereocenters. The Balaban J connectivity index is 1.62. The highest BCUT2D eigenvalue weighted by molar-refractivity contribution is 14.2. The molecular weight excluding hydrogens is 566 g/mol. The Kier molecular flexibility index (Phi) is 8.21. The Hall–Kier alpha value is -2.04. The van der Waals surface area contributed by atoms with Crippen LogP contribution >= 0.6 is 28.5 Å². The van der Waals surface area contributed by atoms with Crippen molar-refractivity contribution in [2.24, 2.45) is 0 Å². The van der Waals surface area contributed by atoms with Gasteiger partial charge in [0, 0.05) is 61.2 Å². The molecule has 0 radical (unpaired) electrons. The van der Waals surface area contributed by atoms with Gasteiger partial charge in [-0.25, -0.2) is 19.7 Å². The highest BCUT2D eigenvalue weighted by Crippen LogP contribution is 2.36. The molecule has 4 heterocycles. The zero-order valence-corrected chi connectivity index (χ0v) is 22.8. The van der Waals surface area contributed by atoms with Crippen molar-refractivity contribution in [2.75, 3.05) is 31.1 Å². The number of nitrogens with zero attached hydrogens (tertiary/aromatic N) is 5. The molecule has 0 aromatic carbocycles. The van der Waals surface area contributed by atoms with Crippen molar-refractivity contribution < 1.29 is 14.1 Å². The van der Waals surface area contributed by atoms with E-state index in [0.29, 0.717) is 26.1 Å². The fraction of sp³-hybridized carbons (Fsp3) is 0.478. The predicted molar refractivity (Wildman–Crippen MR) is 144 cm³/mol. The molecular formula is C23H30IN6O3P. The second-order valence-electron chi connectivity index (χ2n) is 9.22. The van der Waals surface area contributed by atoms with Crippen LogP contribution in [0.3, 0.4) is 0 Å². The molecule has 1 amide bonds. The number of fused-ring (bicyclic) bond motifs is 1. The number of aromatic nitrogens is 4. The van der Waals surface area contributed by atoms with Gasteiger partial charge in [0.2, 0.25) is 0 Å². The van der Waals surface area contributed by atoms with E-state index in [1.165, 1.54) is 6.33 Å². The largest absolute Gasteiger partial charge is 0.444 e. The van der Waals surface area contributed by atoms with Crippen LogP contribution < -0.4 is 4.90 Å². The third-order valence-corrected chi connectivity index (χ3v) is 6.97. The number of piperidine rings is 1. The van der Waals surface area contributed by atoms with E-state index in [4.69, 9.17) is 9.26 Å². The van der Waals surface area contributed by atoms with Crippen molar-refractivity contribution in [3.8, 4) is 11.1 Å². The van der Waals surface area contributed by atoms with Crippen LogP contribution in [0.15, 0.2) is 37.2 Å². The van der Waals surface area contributed by atoms with Crippen LogP contribution in [-0.4, -0.2) is 68.8 Å². The summed E-state index contributed by atoms with van der Waals surface area (Å²) in [5, 5.41) is 1.04. The number of hydrogen-bond donors (Lipinski definition) is 1. The van der Waals surface area contributed by atoms with Crippen LogP contribution in [0.2, 0.25) is 0 Å². The monoisotopic (exact) mass is 596 g/mol. The van der Waals surface area contributed by atoms with E-state index < -0.39 is 5.60 Å². The summed E-state index contributed by atoms with van der Waals surface area (Å²) in [6, 6.07) is 2.07. The molecule has 182 valence electrons. The molecule has 4 rings (SSSR count). The van der Waals surface area contributed by atoms with Gasteiger partial charge in [0.1, 0.15) is 17.6 Å². The van der Waals surface area contributed by atoms with Gasteiger partial charge in [-0.05, 0) is 61.7 Å². The second-order valence-corrected chi connectivity index (χ2v) is 11.0. The number of pyridine rings is 1. The molecule has 1 aliphatic rings. The van der Waals surface area contributed by atoms with Gasteiger partial charge in [-0.2, -0.15) is 0 Å². The van der Waals surface area contributed by atoms with E-state index in [1.54, 1.807) is 0 Å². The average Bonchev–Trinajstić information content (AvgIpc) is 3.26. The first-order valence-corrected chi connectivity index (χ1v) is 15.3. The quantitative estimate of drug-likeness (QED) is 0.228. The smallest absolute Gasteiger partial charge is 0.410 e. The highest BCUT2D eigenvalue weighted by Gasteiger charge is 2.32. The van der Waals surface area contributed by atoms with E-state index in [2.05, 4.69) is 46.9 Å². The summed E-state index contributed by atoms with van der Waals surface area (Å²) in [6.07, 6.45) is 10.5. The molecule has 1 aliphatic heterocycles. The van der Waals surface area contributed by atoms with Crippen molar-refractivity contribution in [1.29, 1.82) is 0 Å². The first-order valence-electron chi connectivity index (χ1n) is 11.3. The molecule has 1 fully saturated rings. The van der Waals surface area contributed by atoms with Crippen LogP contribution in [0.4, 0.5) is 10.5 Å². The lowest BCUT2D eigenvalue weighted by atomic mass is 10.0. The lowest BCUT2D eigenvalue weighted by Crippen LogP contribution is -2.52. The number of aromatic amines is 1. The zero-order chi connectivity index (χ0) is 24.1. The van der Waals surface area contributed by atoms with Gasteiger partial charge in [0.15, 0.2) is 0 Å². The molecule has 0 saturated carbocycles. The summed E-state index contributed by atoms with van der Waals surface area (Å²) in [5.74, 6) is 0. The van der Waals surface area contributed by atoms with Gasteiger partial charge in [-0.3, -0.25) is 0 Å². The SMILES string of the molecule is CC(C)(C)OC(=O)N(CCOPI)[C@H]1CCCN(c2ccnc3[nH]cc(-c4cncnc4)c23)C1. The number of H-pyrrole nitrogens is 1. The summed E-state index contributed by atoms with van der Waals surface area (Å²) < 4.78 is 11.3. The highest BCUT2D eigenvalue weighted by atomic mass is 127. The number of halogens is 1. The van der Waals surface area contributed by atoms with Crippen molar-refractivity contribution in [3.63, 3.8) is 0 Å². The van der Waals surface area contributed by atoms with E-state index in [-0.39, 0.29) is 12.1 Å². The lowest BCUT2D eigenvalue weighted by molar-refractivity contribution is 0.0122. The van der Waals surface area contributed by atoms with Crippen molar-refractivity contribution in [1.82, 2.24) is 24.8 Å². The maximum Gasteiger partial charge on any atom is 0.410 e. The van der Waals surface area contributed by atoms with E-state index >= 15 is 0 Å².